The number of carbonyl (C=O) groups excluding carboxylic acids is 2. The van der Waals surface area contributed by atoms with Gasteiger partial charge in [-0.15, -0.1) is 0 Å². The van der Waals surface area contributed by atoms with Crippen molar-refractivity contribution in [3.8, 4) is 0 Å². The molecule has 0 aromatic carbocycles. The molecule has 4 heterocycles. The third-order valence-corrected chi connectivity index (χ3v) is 3.79. The summed E-state index contributed by atoms with van der Waals surface area (Å²) in [7, 11) is 0. The highest BCUT2D eigenvalue weighted by atomic mass is 16.6. The predicted molar refractivity (Wildman–Crippen MR) is 65.0 cm³/mol. The first-order valence-electron chi connectivity index (χ1n) is 6.91. The van der Waals surface area contributed by atoms with Gasteiger partial charge in [-0.05, 0) is 0 Å². The van der Waals surface area contributed by atoms with Gasteiger partial charge >= 0.3 is 12.1 Å². The van der Waals surface area contributed by atoms with Crippen LogP contribution in [0.15, 0.2) is 0 Å². The summed E-state index contributed by atoms with van der Waals surface area (Å²) in [6, 6.07) is -0.483. The van der Waals surface area contributed by atoms with Crippen LogP contribution >= 0.6 is 0 Å². The zero-order valence-corrected chi connectivity index (χ0v) is 11.1. The van der Waals surface area contributed by atoms with Crippen LogP contribution < -0.4 is 0 Å². The van der Waals surface area contributed by atoms with Crippen molar-refractivity contribution in [1.82, 2.24) is 14.7 Å². The molecule has 0 spiro atoms. The number of carbonyl (C=O) groups is 2. The van der Waals surface area contributed by atoms with E-state index in [1.807, 2.05) is 0 Å². The van der Waals surface area contributed by atoms with E-state index in [2.05, 4.69) is 0 Å². The lowest BCUT2D eigenvalue weighted by atomic mass is 10.3. The molecule has 8 heteroatoms. The van der Waals surface area contributed by atoms with Crippen molar-refractivity contribution in [2.45, 2.75) is 18.3 Å². The summed E-state index contributed by atoms with van der Waals surface area (Å²) in [5, 5.41) is 0. The molecule has 0 saturated carbocycles. The monoisotopic (exact) mass is 283 g/mol. The van der Waals surface area contributed by atoms with Gasteiger partial charge in [0.15, 0.2) is 0 Å². The molecule has 4 aliphatic rings. The third-order valence-electron chi connectivity index (χ3n) is 3.79. The summed E-state index contributed by atoms with van der Waals surface area (Å²) >= 11 is 0. The highest BCUT2D eigenvalue weighted by Gasteiger charge is 2.43. The van der Waals surface area contributed by atoms with Crippen molar-refractivity contribution < 1.29 is 23.8 Å². The number of hydrogen-bond donors (Lipinski definition) is 0. The SMILES string of the molecule is O=C1N(CC2CO2)CN(CC2CO2)C(=O)N1CC1CO1. The number of rotatable bonds is 6. The van der Waals surface area contributed by atoms with E-state index in [1.54, 1.807) is 9.80 Å². The molecule has 4 aliphatic heterocycles. The van der Waals surface area contributed by atoms with Crippen LogP contribution in [0.25, 0.3) is 0 Å². The minimum atomic E-state index is -0.242. The van der Waals surface area contributed by atoms with E-state index < -0.39 is 0 Å². The lowest BCUT2D eigenvalue weighted by Crippen LogP contribution is -2.62. The van der Waals surface area contributed by atoms with E-state index >= 15 is 0 Å². The van der Waals surface area contributed by atoms with Crippen molar-refractivity contribution in [2.24, 2.45) is 0 Å². The summed E-state index contributed by atoms with van der Waals surface area (Å²) in [5.41, 5.74) is 0. The summed E-state index contributed by atoms with van der Waals surface area (Å²) < 4.78 is 15.5. The Labute approximate surface area is 116 Å². The Hall–Kier alpha value is -1.38. The minimum Gasteiger partial charge on any atom is -0.371 e. The van der Waals surface area contributed by atoms with Crippen molar-refractivity contribution in [1.29, 1.82) is 0 Å². The van der Waals surface area contributed by atoms with Gasteiger partial charge in [-0.1, -0.05) is 0 Å². The van der Waals surface area contributed by atoms with Crippen LogP contribution in [0.5, 0.6) is 0 Å². The van der Waals surface area contributed by atoms with Gasteiger partial charge in [-0.25, -0.2) is 14.5 Å². The van der Waals surface area contributed by atoms with Gasteiger partial charge in [0.1, 0.15) is 0 Å². The molecule has 3 atom stereocenters. The molecule has 110 valence electrons. The van der Waals surface area contributed by atoms with Crippen LogP contribution in [-0.4, -0.2) is 91.2 Å². The zero-order valence-electron chi connectivity index (χ0n) is 11.1. The maximum absolute atomic E-state index is 12.4. The Morgan fingerprint density at radius 2 is 1.20 bits per heavy atom. The summed E-state index contributed by atoms with van der Waals surface area (Å²) in [5.74, 6) is 0. The molecule has 0 aromatic heterocycles. The molecule has 0 radical (unpaired) electrons. The standard InChI is InChI=1S/C12H17N3O5/c16-11-13(1-8-4-18-8)7-14(2-9-5-19-9)12(17)15(11)3-10-6-20-10/h8-10H,1-7H2. The van der Waals surface area contributed by atoms with E-state index in [9.17, 15) is 9.59 Å². The van der Waals surface area contributed by atoms with Crippen molar-refractivity contribution in [3.63, 3.8) is 0 Å². The van der Waals surface area contributed by atoms with Gasteiger partial charge in [-0.2, -0.15) is 0 Å². The van der Waals surface area contributed by atoms with Crippen LogP contribution in [0, 0.1) is 0 Å². The number of hydrogen-bond acceptors (Lipinski definition) is 5. The molecular formula is C12H17N3O5. The van der Waals surface area contributed by atoms with Crippen molar-refractivity contribution >= 4 is 12.1 Å². The molecule has 0 bridgehead atoms. The second kappa shape index (κ2) is 4.57. The molecule has 4 saturated heterocycles. The normalized spacial score (nSPS) is 35.6. The van der Waals surface area contributed by atoms with Crippen LogP contribution in [-0.2, 0) is 14.2 Å². The maximum atomic E-state index is 12.4. The fraction of sp³-hybridized carbons (Fsp3) is 0.833. The van der Waals surface area contributed by atoms with Crippen LogP contribution in [0.2, 0.25) is 0 Å². The largest absolute Gasteiger partial charge is 0.371 e. The number of epoxide rings is 3. The fourth-order valence-electron chi connectivity index (χ4n) is 2.39. The highest BCUT2D eigenvalue weighted by molar-refractivity contribution is 5.95. The Bertz CT molecular complexity index is 401. The van der Waals surface area contributed by atoms with Gasteiger partial charge in [0.25, 0.3) is 0 Å². The van der Waals surface area contributed by atoms with Crippen LogP contribution in [0.4, 0.5) is 9.59 Å². The first-order valence-corrected chi connectivity index (χ1v) is 6.91. The second-order valence-corrected chi connectivity index (χ2v) is 5.63. The molecule has 8 nitrogen and oxygen atoms in total. The number of urea groups is 2. The fourth-order valence-corrected chi connectivity index (χ4v) is 2.39. The van der Waals surface area contributed by atoms with Gasteiger partial charge in [0.05, 0.1) is 64.4 Å². The van der Waals surface area contributed by atoms with E-state index in [1.165, 1.54) is 4.90 Å². The average Bonchev–Trinajstić information content (AvgIpc) is 3.22. The summed E-state index contributed by atoms with van der Waals surface area (Å²) in [6.45, 7) is 3.73. The first kappa shape index (κ1) is 12.4. The molecule has 0 N–H and O–H groups in total. The van der Waals surface area contributed by atoms with Gasteiger partial charge in [0, 0.05) is 0 Å². The smallest absolute Gasteiger partial charge is 0.329 e. The van der Waals surface area contributed by atoms with Crippen LogP contribution in [0.3, 0.4) is 0 Å². The second-order valence-electron chi connectivity index (χ2n) is 5.63. The maximum Gasteiger partial charge on any atom is 0.329 e. The molecule has 4 rings (SSSR count). The topological polar surface area (TPSA) is 81.5 Å². The Morgan fingerprint density at radius 1 is 0.800 bits per heavy atom. The van der Waals surface area contributed by atoms with E-state index in [4.69, 9.17) is 14.2 Å². The minimum absolute atomic E-state index is 0.000880. The Kier molecular flexibility index (Phi) is 2.83. The van der Waals surface area contributed by atoms with Gasteiger partial charge in [-0.3, -0.25) is 0 Å². The average molecular weight is 283 g/mol. The lowest BCUT2D eigenvalue weighted by Gasteiger charge is -2.40. The molecule has 20 heavy (non-hydrogen) atoms. The summed E-state index contributed by atoms with van der Waals surface area (Å²) in [4.78, 5) is 29.4. The van der Waals surface area contributed by atoms with Gasteiger partial charge < -0.3 is 24.0 Å². The quantitative estimate of drug-likeness (QED) is 0.602. The molecule has 4 fully saturated rings. The van der Waals surface area contributed by atoms with E-state index in [0.717, 1.165) is 0 Å². The lowest BCUT2D eigenvalue weighted by molar-refractivity contribution is 0.0698. The van der Waals surface area contributed by atoms with E-state index in [-0.39, 0.29) is 30.4 Å². The number of ether oxygens (including phenoxy) is 3. The predicted octanol–water partition coefficient (Wildman–Crippen LogP) is -0.700. The van der Waals surface area contributed by atoms with E-state index in [0.29, 0.717) is 46.1 Å². The molecule has 3 unspecified atom stereocenters. The number of nitrogens with zero attached hydrogens (tertiary/aromatic N) is 3. The highest BCUT2D eigenvalue weighted by Crippen LogP contribution is 2.22. The molecular weight excluding hydrogens is 266 g/mol. The number of imide groups is 1. The number of amides is 4. The van der Waals surface area contributed by atoms with Crippen molar-refractivity contribution in [3.05, 3.63) is 0 Å². The van der Waals surface area contributed by atoms with Crippen LogP contribution in [0.1, 0.15) is 0 Å². The van der Waals surface area contributed by atoms with Gasteiger partial charge in [0.2, 0.25) is 0 Å². The molecule has 4 amide bonds. The Balaban J connectivity index is 1.47. The summed E-state index contributed by atoms with van der Waals surface area (Å²) in [6.07, 6.45) is 0.231. The molecule has 0 aromatic rings. The van der Waals surface area contributed by atoms with Crippen molar-refractivity contribution in [2.75, 3.05) is 46.1 Å². The zero-order chi connectivity index (χ0) is 13.7. The Morgan fingerprint density at radius 3 is 1.60 bits per heavy atom. The first-order chi connectivity index (χ1) is 9.70. The molecule has 0 aliphatic carbocycles. The third kappa shape index (κ3) is 2.58.